The number of Topliss-reactive ketones (excluding diaryl/α,β-unsaturated/α-hetero) is 1. The summed E-state index contributed by atoms with van der Waals surface area (Å²) in [6, 6.07) is 26.1. The number of likely N-dealkylation sites (N-methyl/N-ethyl adjacent to an activating group) is 4. The minimum absolute atomic E-state index is 0.0920. The Morgan fingerprint density at radius 2 is 1.10 bits per heavy atom. The number of hydrogen-bond donors (Lipinski definition) is 3. The zero-order valence-electron chi connectivity index (χ0n) is 33.6. The first-order valence-electron chi connectivity index (χ1n) is 18.7. The summed E-state index contributed by atoms with van der Waals surface area (Å²) in [6.07, 6.45) is 0.758. The average Bonchev–Trinajstić information content (AvgIpc) is 3.19. The van der Waals surface area contributed by atoms with E-state index in [0.717, 1.165) is 59.9 Å². The number of hydrogen-bond acceptors (Lipinski definition) is 10. The molecule has 6 rings (SSSR count). The average molecular weight is 827 g/mol. The molecule has 3 N–H and O–H groups in total. The minimum atomic E-state index is -0.313. The topological polar surface area (TPSA) is 151 Å². The zero-order valence-corrected chi connectivity index (χ0v) is 35.1. The lowest BCUT2D eigenvalue weighted by Crippen LogP contribution is -2.29. The Morgan fingerprint density at radius 1 is 0.586 bits per heavy atom. The van der Waals surface area contributed by atoms with Crippen LogP contribution in [0.3, 0.4) is 0 Å². The zero-order chi connectivity index (χ0) is 41.9. The highest BCUT2D eigenvalue weighted by Gasteiger charge is 2.15. The van der Waals surface area contributed by atoms with Crippen LogP contribution in [0.4, 0.5) is 17.1 Å². The van der Waals surface area contributed by atoms with Crippen LogP contribution < -0.4 is 26.2 Å². The van der Waals surface area contributed by atoms with Crippen LogP contribution in [-0.4, -0.2) is 110 Å². The van der Waals surface area contributed by atoms with Crippen molar-refractivity contribution in [1.82, 2.24) is 30.2 Å². The van der Waals surface area contributed by atoms with Crippen LogP contribution in [0.15, 0.2) is 94.5 Å². The third-order valence-electron chi connectivity index (χ3n) is 9.52. The van der Waals surface area contributed by atoms with Crippen LogP contribution >= 0.6 is 23.2 Å². The van der Waals surface area contributed by atoms with Gasteiger partial charge in [0.1, 0.15) is 5.78 Å². The molecule has 0 aliphatic rings. The van der Waals surface area contributed by atoms with E-state index in [-0.39, 0.29) is 46.0 Å². The summed E-state index contributed by atoms with van der Waals surface area (Å²) in [5, 5.41) is 17.7. The van der Waals surface area contributed by atoms with E-state index in [0.29, 0.717) is 28.0 Å². The molecule has 6 aromatic rings. The molecule has 0 fully saturated rings. The Morgan fingerprint density at radius 3 is 1.76 bits per heavy atom. The van der Waals surface area contributed by atoms with E-state index in [1.807, 2.05) is 96.9 Å². The lowest BCUT2D eigenvalue weighted by Gasteiger charge is -2.24. The highest BCUT2D eigenvalue weighted by molar-refractivity contribution is 6.34. The van der Waals surface area contributed by atoms with Gasteiger partial charge in [0, 0.05) is 69.6 Å². The monoisotopic (exact) mass is 825 g/mol. The van der Waals surface area contributed by atoms with E-state index < -0.39 is 0 Å². The molecule has 2 heterocycles. The number of nitrogens with zero attached hydrogens (tertiary/aromatic N) is 6. The Bertz CT molecular complexity index is 2500. The van der Waals surface area contributed by atoms with E-state index in [2.05, 4.69) is 45.3 Å². The molecular formula is C43H49Cl2N9O4. The third-order valence-corrected chi connectivity index (χ3v) is 10.1. The standard InChI is InChI=1S/C22H25ClN4O2.C21H24ClN5O2/c1-26(2)10-11-27(3)20-7-5-4-6-16(20)14-17(28)12-15-8-9-18-19(13-15)22(29)25-24-21(18)23;1-26(2)10-11-27(3)18-7-5-4-6-17(18)23-19(28)13-14-8-9-15-16(12-14)20(22)24-25-21(15)29/h4-9,13H,10-12,14H2,1-3H3,(H,25,29);4-9,12H,10-11,13H2,1-3H3,(H,23,28)(H,25,29). The first-order valence-corrected chi connectivity index (χ1v) is 19.5. The van der Waals surface area contributed by atoms with Crippen molar-refractivity contribution in [1.29, 1.82) is 0 Å². The van der Waals surface area contributed by atoms with Gasteiger partial charge in [-0.05, 0) is 81.3 Å². The van der Waals surface area contributed by atoms with Crippen LogP contribution in [0.25, 0.3) is 21.5 Å². The van der Waals surface area contributed by atoms with Gasteiger partial charge in [0.05, 0.1) is 28.6 Å². The van der Waals surface area contributed by atoms with Crippen molar-refractivity contribution in [3.8, 4) is 0 Å². The normalized spacial score (nSPS) is 11.1. The summed E-state index contributed by atoms with van der Waals surface area (Å²) in [5.74, 6) is -0.0545. The van der Waals surface area contributed by atoms with Gasteiger partial charge in [-0.2, -0.15) is 10.2 Å². The Labute approximate surface area is 347 Å². The lowest BCUT2D eigenvalue weighted by molar-refractivity contribution is -0.118. The van der Waals surface area contributed by atoms with Gasteiger partial charge in [0.2, 0.25) is 5.91 Å². The van der Waals surface area contributed by atoms with Gasteiger partial charge in [-0.1, -0.05) is 71.7 Å². The highest BCUT2D eigenvalue weighted by atomic mass is 35.5. The van der Waals surface area contributed by atoms with Crippen molar-refractivity contribution in [2.75, 3.05) is 83.6 Å². The lowest BCUT2D eigenvalue weighted by atomic mass is 10.00. The molecule has 58 heavy (non-hydrogen) atoms. The maximum absolute atomic E-state index is 12.8. The Hall–Kier alpha value is -5.60. The molecule has 0 radical (unpaired) electrons. The maximum Gasteiger partial charge on any atom is 0.272 e. The fourth-order valence-electron chi connectivity index (χ4n) is 6.35. The summed E-state index contributed by atoms with van der Waals surface area (Å²) in [4.78, 5) is 57.8. The van der Waals surface area contributed by atoms with Crippen LogP contribution in [0, 0.1) is 0 Å². The van der Waals surface area contributed by atoms with Crippen LogP contribution in [-0.2, 0) is 28.9 Å². The number of ketones is 1. The molecule has 0 aliphatic carbocycles. The number of benzene rings is 4. The van der Waals surface area contributed by atoms with Gasteiger partial charge in [-0.3, -0.25) is 19.2 Å². The number of fused-ring (bicyclic) bond motifs is 2. The van der Waals surface area contributed by atoms with Crippen molar-refractivity contribution in [2.24, 2.45) is 0 Å². The van der Waals surface area contributed by atoms with Crippen LogP contribution in [0.1, 0.15) is 16.7 Å². The van der Waals surface area contributed by atoms with E-state index in [4.69, 9.17) is 23.2 Å². The number of para-hydroxylation sites is 3. The molecule has 0 spiro atoms. The quantitative estimate of drug-likeness (QED) is 0.118. The molecule has 13 nitrogen and oxygen atoms in total. The van der Waals surface area contributed by atoms with Crippen molar-refractivity contribution < 1.29 is 9.59 Å². The molecule has 1 amide bonds. The summed E-state index contributed by atoms with van der Waals surface area (Å²) < 4.78 is 0. The van der Waals surface area contributed by atoms with Gasteiger partial charge in [-0.25, -0.2) is 10.2 Å². The predicted octanol–water partition coefficient (Wildman–Crippen LogP) is 5.68. The first kappa shape index (κ1) is 43.5. The van der Waals surface area contributed by atoms with Gasteiger partial charge >= 0.3 is 0 Å². The summed E-state index contributed by atoms with van der Waals surface area (Å²) in [6.45, 7) is 3.55. The van der Waals surface area contributed by atoms with Crippen LogP contribution in [0.2, 0.25) is 10.3 Å². The van der Waals surface area contributed by atoms with Crippen molar-refractivity contribution in [3.05, 3.63) is 133 Å². The number of aromatic amines is 2. The maximum atomic E-state index is 12.8. The number of halogens is 2. The SMILES string of the molecule is CN(C)CCN(C)c1ccccc1CC(=O)Cc1ccc2c(Cl)n[nH]c(=O)c2c1.CN(C)CCN(C)c1ccccc1NC(=O)Cc1ccc2c(=O)[nH]nc(Cl)c2c1. The summed E-state index contributed by atoms with van der Waals surface area (Å²) in [5.41, 5.74) is 4.70. The molecule has 2 aromatic heterocycles. The van der Waals surface area contributed by atoms with Gasteiger partial charge < -0.3 is 24.9 Å². The number of nitrogens with one attached hydrogen (secondary N) is 3. The number of carbonyl (C=O) groups is 2. The Kier molecular flexibility index (Phi) is 15.2. The molecule has 0 bridgehead atoms. The number of aromatic nitrogens is 4. The molecule has 0 unspecified atom stereocenters. The van der Waals surface area contributed by atoms with Gasteiger partial charge in [0.25, 0.3) is 11.1 Å². The molecule has 0 saturated heterocycles. The van der Waals surface area contributed by atoms with E-state index in [9.17, 15) is 19.2 Å². The highest BCUT2D eigenvalue weighted by Crippen LogP contribution is 2.26. The van der Waals surface area contributed by atoms with Crippen molar-refractivity contribution >= 4 is 73.5 Å². The fraction of sp³-hybridized carbons (Fsp3) is 0.302. The number of anilines is 3. The number of rotatable bonds is 15. The first-order chi connectivity index (χ1) is 27.7. The largest absolute Gasteiger partial charge is 0.373 e. The molecule has 15 heteroatoms. The molecule has 0 atom stereocenters. The molecule has 0 aliphatic heterocycles. The van der Waals surface area contributed by atoms with Crippen LogP contribution in [0.5, 0.6) is 0 Å². The Balaban J connectivity index is 0.000000221. The molecular weight excluding hydrogens is 777 g/mol. The predicted molar refractivity (Wildman–Crippen MR) is 236 cm³/mol. The summed E-state index contributed by atoms with van der Waals surface area (Å²) in [7, 11) is 12.2. The van der Waals surface area contributed by atoms with Gasteiger partial charge in [0.15, 0.2) is 10.3 Å². The van der Waals surface area contributed by atoms with E-state index in [1.165, 1.54) is 0 Å². The third kappa shape index (κ3) is 11.7. The second-order valence-corrected chi connectivity index (χ2v) is 15.4. The number of amides is 1. The second kappa shape index (κ2) is 20.2. The van der Waals surface area contributed by atoms with E-state index in [1.54, 1.807) is 30.3 Å². The second-order valence-electron chi connectivity index (χ2n) is 14.7. The van der Waals surface area contributed by atoms with E-state index >= 15 is 0 Å². The van der Waals surface area contributed by atoms with Crippen molar-refractivity contribution in [2.45, 2.75) is 19.3 Å². The number of carbonyl (C=O) groups excluding carboxylic acids is 2. The molecule has 304 valence electrons. The minimum Gasteiger partial charge on any atom is -0.373 e. The van der Waals surface area contributed by atoms with Gasteiger partial charge in [-0.15, -0.1) is 0 Å². The summed E-state index contributed by atoms with van der Waals surface area (Å²) >= 11 is 12.1. The molecule has 0 saturated carbocycles. The molecule has 4 aromatic carbocycles. The van der Waals surface area contributed by atoms with Crippen molar-refractivity contribution in [3.63, 3.8) is 0 Å². The smallest absolute Gasteiger partial charge is 0.272 e. The fourth-order valence-corrected chi connectivity index (χ4v) is 6.75. The number of H-pyrrole nitrogens is 2.